The summed E-state index contributed by atoms with van der Waals surface area (Å²) >= 11 is 7.54. The van der Waals surface area contributed by atoms with E-state index in [-0.39, 0.29) is 5.91 Å². The molecule has 1 amide bonds. The maximum atomic E-state index is 12.3. The van der Waals surface area contributed by atoms with Crippen molar-refractivity contribution in [3.8, 4) is 5.75 Å². The summed E-state index contributed by atoms with van der Waals surface area (Å²) in [4.78, 5) is 13.0. The molecular weight excluding hydrogens is 370 g/mol. The lowest BCUT2D eigenvalue weighted by Gasteiger charge is -2.07. The van der Waals surface area contributed by atoms with E-state index in [2.05, 4.69) is 10.4 Å². The Morgan fingerprint density at radius 1 is 1.35 bits per heavy atom. The minimum atomic E-state index is -0.0990. The first-order chi connectivity index (χ1) is 12.4. The topological polar surface area (TPSA) is 56.1 Å². The lowest BCUT2D eigenvalue weighted by Crippen LogP contribution is -2.22. The van der Waals surface area contributed by atoms with E-state index in [4.69, 9.17) is 16.3 Å². The summed E-state index contributed by atoms with van der Waals surface area (Å²) in [5, 5.41) is 9.61. The van der Waals surface area contributed by atoms with Crippen LogP contribution in [0.3, 0.4) is 0 Å². The Balaban J connectivity index is 1.57. The number of rotatable bonds is 6. The Hall–Kier alpha value is -2.31. The summed E-state index contributed by atoms with van der Waals surface area (Å²) in [5.41, 5.74) is 4.08. The van der Waals surface area contributed by atoms with Crippen molar-refractivity contribution in [2.75, 3.05) is 0 Å². The van der Waals surface area contributed by atoms with E-state index in [0.29, 0.717) is 28.8 Å². The average molecular weight is 390 g/mol. The van der Waals surface area contributed by atoms with Crippen molar-refractivity contribution < 1.29 is 9.53 Å². The number of hydrogen-bond donors (Lipinski definition) is 1. The van der Waals surface area contributed by atoms with Gasteiger partial charge in [0.05, 0.1) is 16.1 Å². The number of carbonyl (C=O) groups is 1. The molecule has 3 rings (SSSR count). The highest BCUT2D eigenvalue weighted by atomic mass is 35.5. The molecular formula is C19H20ClN3O2S. The summed E-state index contributed by atoms with van der Waals surface area (Å²) in [6.07, 6.45) is 1.77. The van der Waals surface area contributed by atoms with Crippen molar-refractivity contribution in [1.29, 1.82) is 0 Å². The van der Waals surface area contributed by atoms with Crippen molar-refractivity contribution in [2.45, 2.75) is 27.0 Å². The Labute approximate surface area is 161 Å². The van der Waals surface area contributed by atoms with Crippen molar-refractivity contribution in [3.63, 3.8) is 0 Å². The van der Waals surface area contributed by atoms with Crippen molar-refractivity contribution in [2.24, 2.45) is 7.05 Å². The second-order valence-electron chi connectivity index (χ2n) is 6.10. The molecule has 1 N–H and O–H groups in total. The van der Waals surface area contributed by atoms with Gasteiger partial charge in [-0.15, -0.1) is 11.3 Å². The van der Waals surface area contributed by atoms with Gasteiger partial charge in [0.2, 0.25) is 0 Å². The fraction of sp³-hybridized carbons (Fsp3) is 0.263. The summed E-state index contributed by atoms with van der Waals surface area (Å²) in [6, 6.07) is 7.50. The second kappa shape index (κ2) is 7.93. The molecule has 0 spiro atoms. The predicted molar refractivity (Wildman–Crippen MR) is 104 cm³/mol. The van der Waals surface area contributed by atoms with Crippen LogP contribution in [0.2, 0.25) is 5.02 Å². The number of hydrogen-bond acceptors (Lipinski definition) is 4. The maximum Gasteiger partial charge on any atom is 0.261 e. The molecule has 0 unspecified atom stereocenters. The summed E-state index contributed by atoms with van der Waals surface area (Å²) in [7, 11) is 1.88. The van der Waals surface area contributed by atoms with Gasteiger partial charge >= 0.3 is 0 Å². The molecule has 0 aliphatic heterocycles. The minimum absolute atomic E-state index is 0.0990. The summed E-state index contributed by atoms with van der Waals surface area (Å²) in [6.45, 7) is 4.79. The molecule has 0 aliphatic rings. The molecule has 0 saturated carbocycles. The highest BCUT2D eigenvalue weighted by Crippen LogP contribution is 2.26. The Kier molecular flexibility index (Phi) is 5.64. The third kappa shape index (κ3) is 4.26. The van der Waals surface area contributed by atoms with Gasteiger partial charge in [0.15, 0.2) is 0 Å². The van der Waals surface area contributed by atoms with Crippen LogP contribution in [0.15, 0.2) is 35.8 Å². The van der Waals surface area contributed by atoms with Crippen LogP contribution in [0.25, 0.3) is 0 Å². The number of amides is 1. The Morgan fingerprint density at radius 3 is 2.88 bits per heavy atom. The number of carbonyl (C=O) groups excluding carboxylic acids is 1. The van der Waals surface area contributed by atoms with E-state index in [1.54, 1.807) is 10.9 Å². The van der Waals surface area contributed by atoms with Gasteiger partial charge in [-0.05, 0) is 43.0 Å². The first-order valence-corrected chi connectivity index (χ1v) is 9.42. The number of aromatic nitrogens is 2. The SMILES string of the molecule is Cc1ccc(Cl)c(OCc2csc(C(=O)NCc3cnn(C)c3C)c2)c1. The standard InChI is InChI=1S/C19H20ClN3O2S/c1-12-4-5-16(20)17(6-12)25-10-14-7-18(26-11-14)19(24)21-8-15-9-22-23(3)13(15)2/h4-7,9,11H,8,10H2,1-3H3,(H,21,24). The van der Waals surface area contributed by atoms with Crippen LogP contribution >= 0.6 is 22.9 Å². The van der Waals surface area contributed by atoms with E-state index < -0.39 is 0 Å². The quantitative estimate of drug-likeness (QED) is 0.685. The largest absolute Gasteiger partial charge is 0.487 e. The number of aryl methyl sites for hydroxylation is 2. The first kappa shape index (κ1) is 18.5. The molecule has 0 aliphatic carbocycles. The normalized spacial score (nSPS) is 10.8. The van der Waals surface area contributed by atoms with Crippen LogP contribution in [0.5, 0.6) is 5.75 Å². The van der Waals surface area contributed by atoms with Crippen LogP contribution in [-0.2, 0) is 20.2 Å². The minimum Gasteiger partial charge on any atom is -0.487 e. The zero-order valence-electron chi connectivity index (χ0n) is 14.9. The number of nitrogens with one attached hydrogen (secondary N) is 1. The second-order valence-corrected chi connectivity index (χ2v) is 7.42. The number of thiophene rings is 1. The number of nitrogens with zero attached hydrogens (tertiary/aromatic N) is 2. The van der Waals surface area contributed by atoms with Crippen LogP contribution in [0.1, 0.15) is 32.1 Å². The molecule has 2 heterocycles. The number of halogens is 1. The molecule has 26 heavy (non-hydrogen) atoms. The lowest BCUT2D eigenvalue weighted by atomic mass is 10.2. The third-order valence-electron chi connectivity index (χ3n) is 4.13. The van der Waals surface area contributed by atoms with E-state index in [9.17, 15) is 4.79 Å². The fourth-order valence-corrected chi connectivity index (χ4v) is 3.42. The van der Waals surface area contributed by atoms with E-state index in [1.807, 2.05) is 50.5 Å². The molecule has 136 valence electrons. The van der Waals surface area contributed by atoms with Crippen LogP contribution in [-0.4, -0.2) is 15.7 Å². The van der Waals surface area contributed by atoms with Gasteiger partial charge < -0.3 is 10.1 Å². The molecule has 1 aromatic carbocycles. The van der Waals surface area contributed by atoms with Crippen molar-refractivity contribution in [3.05, 3.63) is 68.1 Å². The zero-order valence-corrected chi connectivity index (χ0v) is 16.4. The maximum absolute atomic E-state index is 12.3. The molecule has 7 heteroatoms. The van der Waals surface area contributed by atoms with Crippen LogP contribution in [0, 0.1) is 13.8 Å². The van der Waals surface area contributed by atoms with Gasteiger partial charge in [0, 0.05) is 30.4 Å². The molecule has 2 aromatic heterocycles. The molecule has 5 nitrogen and oxygen atoms in total. The van der Waals surface area contributed by atoms with Gasteiger partial charge in [0.1, 0.15) is 12.4 Å². The highest BCUT2D eigenvalue weighted by Gasteiger charge is 2.11. The summed E-state index contributed by atoms with van der Waals surface area (Å²) in [5.74, 6) is 0.550. The molecule has 0 fully saturated rings. The fourth-order valence-electron chi connectivity index (χ4n) is 2.43. The Bertz CT molecular complexity index is 933. The molecule has 0 bridgehead atoms. The first-order valence-electron chi connectivity index (χ1n) is 8.16. The van der Waals surface area contributed by atoms with Crippen LogP contribution in [0.4, 0.5) is 0 Å². The van der Waals surface area contributed by atoms with E-state index >= 15 is 0 Å². The summed E-state index contributed by atoms with van der Waals surface area (Å²) < 4.78 is 7.57. The smallest absolute Gasteiger partial charge is 0.261 e. The molecule has 0 atom stereocenters. The number of benzene rings is 1. The zero-order chi connectivity index (χ0) is 18.7. The van der Waals surface area contributed by atoms with Gasteiger partial charge in [0.25, 0.3) is 5.91 Å². The van der Waals surface area contributed by atoms with Gasteiger partial charge in [-0.2, -0.15) is 5.10 Å². The van der Waals surface area contributed by atoms with Gasteiger partial charge in [-0.25, -0.2) is 0 Å². The number of ether oxygens (including phenoxy) is 1. The van der Waals surface area contributed by atoms with E-state index in [0.717, 1.165) is 22.4 Å². The monoisotopic (exact) mass is 389 g/mol. The highest BCUT2D eigenvalue weighted by molar-refractivity contribution is 7.12. The van der Waals surface area contributed by atoms with Gasteiger partial charge in [-0.1, -0.05) is 17.7 Å². The molecule has 0 radical (unpaired) electrons. The van der Waals surface area contributed by atoms with Crippen molar-refractivity contribution in [1.82, 2.24) is 15.1 Å². The van der Waals surface area contributed by atoms with E-state index in [1.165, 1.54) is 11.3 Å². The Morgan fingerprint density at radius 2 is 2.15 bits per heavy atom. The predicted octanol–water partition coefficient (Wildman–Crippen LogP) is 4.26. The van der Waals surface area contributed by atoms with Crippen molar-refractivity contribution >= 4 is 28.8 Å². The third-order valence-corrected chi connectivity index (χ3v) is 5.42. The molecule has 0 saturated heterocycles. The average Bonchev–Trinajstić information content (AvgIpc) is 3.22. The van der Waals surface area contributed by atoms with Crippen LogP contribution < -0.4 is 10.1 Å². The van der Waals surface area contributed by atoms with Gasteiger partial charge in [-0.3, -0.25) is 9.48 Å². The lowest BCUT2D eigenvalue weighted by molar-refractivity contribution is 0.0955. The molecule has 3 aromatic rings.